The van der Waals surface area contributed by atoms with Gasteiger partial charge in [0.2, 0.25) is 0 Å². The molecule has 2 heterocycles. The molecule has 0 bridgehead atoms. The molecular weight excluding hydrogens is 323 g/mol. The summed E-state index contributed by atoms with van der Waals surface area (Å²) in [6.45, 7) is 1.96. The predicted octanol–water partition coefficient (Wildman–Crippen LogP) is 3.14. The van der Waals surface area contributed by atoms with E-state index in [-0.39, 0.29) is 18.3 Å². The SMILES string of the molecule is Cl.O=C(Nc1cccc(Cl)c1)c1ccn(C2CCCNC2)n1. The van der Waals surface area contributed by atoms with Gasteiger partial charge in [-0.15, -0.1) is 12.4 Å². The first-order chi connectivity index (χ1) is 10.2. The van der Waals surface area contributed by atoms with Crippen molar-refractivity contribution in [1.29, 1.82) is 0 Å². The van der Waals surface area contributed by atoms with Crippen LogP contribution in [0.1, 0.15) is 29.4 Å². The molecule has 1 aromatic heterocycles. The van der Waals surface area contributed by atoms with E-state index in [1.165, 1.54) is 0 Å². The van der Waals surface area contributed by atoms with Crippen LogP contribution < -0.4 is 10.6 Å². The quantitative estimate of drug-likeness (QED) is 0.902. The van der Waals surface area contributed by atoms with Crippen LogP contribution in [-0.4, -0.2) is 28.8 Å². The molecule has 7 heteroatoms. The van der Waals surface area contributed by atoms with Gasteiger partial charge in [0.15, 0.2) is 5.69 Å². The Hall–Kier alpha value is -1.56. The van der Waals surface area contributed by atoms with Gasteiger partial charge in [-0.05, 0) is 43.7 Å². The number of hydrogen-bond donors (Lipinski definition) is 2. The number of anilines is 1. The molecule has 0 saturated carbocycles. The summed E-state index contributed by atoms with van der Waals surface area (Å²) in [5, 5.41) is 11.1. The van der Waals surface area contributed by atoms with Gasteiger partial charge in [0.25, 0.3) is 5.91 Å². The first kappa shape index (κ1) is 16.8. The predicted molar refractivity (Wildman–Crippen MR) is 90.0 cm³/mol. The fourth-order valence-corrected chi connectivity index (χ4v) is 2.67. The number of benzene rings is 1. The van der Waals surface area contributed by atoms with Crippen LogP contribution in [0.5, 0.6) is 0 Å². The molecule has 22 heavy (non-hydrogen) atoms. The van der Waals surface area contributed by atoms with Crippen LogP contribution in [0.25, 0.3) is 0 Å². The Balaban J connectivity index is 0.00000176. The smallest absolute Gasteiger partial charge is 0.276 e. The van der Waals surface area contributed by atoms with Gasteiger partial charge >= 0.3 is 0 Å². The van der Waals surface area contributed by atoms with Crippen molar-refractivity contribution in [3.63, 3.8) is 0 Å². The van der Waals surface area contributed by atoms with Gasteiger partial charge in [-0.25, -0.2) is 0 Å². The third kappa shape index (κ3) is 4.00. The summed E-state index contributed by atoms with van der Waals surface area (Å²) in [5.41, 5.74) is 1.09. The van der Waals surface area contributed by atoms with E-state index in [1.54, 1.807) is 30.3 Å². The highest BCUT2D eigenvalue weighted by atomic mass is 35.5. The molecule has 1 aromatic carbocycles. The number of nitrogens with one attached hydrogen (secondary N) is 2. The molecule has 0 radical (unpaired) electrons. The molecule has 2 aromatic rings. The molecule has 1 unspecified atom stereocenters. The van der Waals surface area contributed by atoms with Gasteiger partial charge in [0, 0.05) is 23.5 Å². The lowest BCUT2D eigenvalue weighted by Gasteiger charge is -2.22. The molecule has 118 valence electrons. The van der Waals surface area contributed by atoms with Crippen LogP contribution in [0.4, 0.5) is 5.69 Å². The van der Waals surface area contributed by atoms with Crippen LogP contribution in [0, 0.1) is 0 Å². The highest BCUT2D eigenvalue weighted by molar-refractivity contribution is 6.30. The minimum atomic E-state index is -0.222. The van der Waals surface area contributed by atoms with Crippen molar-refractivity contribution in [1.82, 2.24) is 15.1 Å². The number of rotatable bonds is 3. The maximum Gasteiger partial charge on any atom is 0.276 e. The minimum Gasteiger partial charge on any atom is -0.321 e. The fourth-order valence-electron chi connectivity index (χ4n) is 2.48. The van der Waals surface area contributed by atoms with E-state index in [2.05, 4.69) is 15.7 Å². The standard InChI is InChI=1S/C15H17ClN4O.ClH/c16-11-3-1-4-12(9-11)18-15(21)14-6-8-20(19-14)13-5-2-7-17-10-13;/h1,3-4,6,8-9,13,17H,2,5,7,10H2,(H,18,21);1H. The Kier molecular flexibility index (Phi) is 5.83. The second-order valence-corrected chi connectivity index (χ2v) is 5.58. The molecular formula is C15H18Cl2N4O. The van der Waals surface area contributed by atoms with Crippen LogP contribution >= 0.6 is 24.0 Å². The van der Waals surface area contributed by atoms with Crippen LogP contribution in [0.15, 0.2) is 36.5 Å². The fraction of sp³-hybridized carbons (Fsp3) is 0.333. The Labute approximate surface area is 140 Å². The number of aromatic nitrogens is 2. The molecule has 1 aliphatic rings. The van der Waals surface area contributed by atoms with Crippen molar-refractivity contribution < 1.29 is 4.79 Å². The number of nitrogens with zero attached hydrogens (tertiary/aromatic N) is 2. The number of carbonyl (C=O) groups is 1. The zero-order chi connectivity index (χ0) is 14.7. The molecule has 1 saturated heterocycles. The Bertz CT molecular complexity index is 638. The van der Waals surface area contributed by atoms with Crippen molar-refractivity contribution in [3.8, 4) is 0 Å². The van der Waals surface area contributed by atoms with Crippen LogP contribution in [0.2, 0.25) is 5.02 Å². The molecule has 0 aliphatic carbocycles. The Morgan fingerprint density at radius 2 is 2.27 bits per heavy atom. The summed E-state index contributed by atoms with van der Waals surface area (Å²) in [6.07, 6.45) is 4.09. The summed E-state index contributed by atoms with van der Waals surface area (Å²) in [4.78, 5) is 12.2. The van der Waals surface area contributed by atoms with Crippen molar-refractivity contribution in [2.75, 3.05) is 18.4 Å². The number of amides is 1. The monoisotopic (exact) mass is 340 g/mol. The highest BCUT2D eigenvalue weighted by Gasteiger charge is 2.17. The number of hydrogen-bond acceptors (Lipinski definition) is 3. The van der Waals surface area contributed by atoms with Crippen molar-refractivity contribution in [2.24, 2.45) is 0 Å². The van der Waals surface area contributed by atoms with Crippen LogP contribution in [0.3, 0.4) is 0 Å². The summed E-state index contributed by atoms with van der Waals surface area (Å²) in [6, 6.07) is 9.14. The number of piperidine rings is 1. The zero-order valence-electron chi connectivity index (χ0n) is 12.0. The van der Waals surface area contributed by atoms with Gasteiger partial charge in [0.05, 0.1) is 6.04 Å². The minimum absolute atomic E-state index is 0. The Morgan fingerprint density at radius 3 is 3.00 bits per heavy atom. The Morgan fingerprint density at radius 1 is 1.41 bits per heavy atom. The van der Waals surface area contributed by atoms with Gasteiger partial charge < -0.3 is 10.6 Å². The van der Waals surface area contributed by atoms with E-state index in [0.29, 0.717) is 22.4 Å². The van der Waals surface area contributed by atoms with Crippen LogP contribution in [-0.2, 0) is 0 Å². The van der Waals surface area contributed by atoms with E-state index in [0.717, 1.165) is 25.9 Å². The molecule has 1 amide bonds. The molecule has 1 fully saturated rings. The first-order valence-electron chi connectivity index (χ1n) is 7.05. The molecule has 3 rings (SSSR count). The lowest BCUT2D eigenvalue weighted by atomic mass is 10.1. The average molecular weight is 341 g/mol. The van der Waals surface area contributed by atoms with Gasteiger partial charge in [-0.1, -0.05) is 17.7 Å². The molecule has 2 N–H and O–H groups in total. The normalized spacial score (nSPS) is 17.6. The van der Waals surface area contributed by atoms with E-state index in [1.807, 2.05) is 10.9 Å². The topological polar surface area (TPSA) is 59.0 Å². The van der Waals surface area contributed by atoms with E-state index >= 15 is 0 Å². The highest BCUT2D eigenvalue weighted by Crippen LogP contribution is 2.17. The lowest BCUT2D eigenvalue weighted by molar-refractivity contribution is 0.102. The van der Waals surface area contributed by atoms with E-state index in [9.17, 15) is 4.79 Å². The molecule has 1 aliphatic heterocycles. The van der Waals surface area contributed by atoms with E-state index < -0.39 is 0 Å². The lowest BCUT2D eigenvalue weighted by Crippen LogP contribution is -2.32. The number of halogens is 2. The van der Waals surface area contributed by atoms with Crippen molar-refractivity contribution in [3.05, 3.63) is 47.2 Å². The molecule has 0 spiro atoms. The first-order valence-corrected chi connectivity index (χ1v) is 7.43. The van der Waals surface area contributed by atoms with Crippen molar-refractivity contribution >= 4 is 35.6 Å². The summed E-state index contributed by atoms with van der Waals surface area (Å²) >= 11 is 5.90. The third-order valence-corrected chi connectivity index (χ3v) is 3.80. The molecule has 1 atom stereocenters. The second kappa shape index (κ2) is 7.63. The number of carbonyl (C=O) groups excluding carboxylic acids is 1. The summed E-state index contributed by atoms with van der Waals surface area (Å²) in [7, 11) is 0. The third-order valence-electron chi connectivity index (χ3n) is 3.57. The maximum absolute atomic E-state index is 12.2. The van der Waals surface area contributed by atoms with E-state index in [4.69, 9.17) is 11.6 Å². The van der Waals surface area contributed by atoms with Gasteiger partial charge in [-0.3, -0.25) is 9.48 Å². The summed E-state index contributed by atoms with van der Waals surface area (Å²) < 4.78 is 1.87. The largest absolute Gasteiger partial charge is 0.321 e. The molecule has 5 nitrogen and oxygen atoms in total. The second-order valence-electron chi connectivity index (χ2n) is 5.15. The summed E-state index contributed by atoms with van der Waals surface area (Å²) in [5.74, 6) is -0.222. The van der Waals surface area contributed by atoms with Crippen molar-refractivity contribution in [2.45, 2.75) is 18.9 Å². The van der Waals surface area contributed by atoms with Gasteiger partial charge in [-0.2, -0.15) is 5.10 Å². The van der Waals surface area contributed by atoms with Gasteiger partial charge in [0.1, 0.15) is 0 Å². The zero-order valence-corrected chi connectivity index (χ0v) is 13.5. The average Bonchev–Trinajstić information content (AvgIpc) is 2.98. The maximum atomic E-state index is 12.2.